The van der Waals surface area contributed by atoms with Crippen molar-refractivity contribution in [3.05, 3.63) is 65.5 Å². The highest BCUT2D eigenvalue weighted by Gasteiger charge is 2.22. The Labute approximate surface area is 114 Å². The molecule has 2 aromatic rings. The number of carboxylic acids is 1. The molecule has 0 saturated carbocycles. The maximum Gasteiger partial charge on any atom is 0.325 e. The predicted molar refractivity (Wildman–Crippen MR) is 67.8 cm³/mol. The summed E-state index contributed by atoms with van der Waals surface area (Å²) in [5.41, 5.74) is 0.710. The summed E-state index contributed by atoms with van der Waals surface area (Å²) in [6, 6.07) is 5.01. The van der Waals surface area contributed by atoms with Crippen LogP contribution in [-0.4, -0.2) is 16.1 Å². The Morgan fingerprint density at radius 3 is 2.55 bits per heavy atom. The number of hydrogen-bond acceptors (Lipinski definition) is 3. The van der Waals surface area contributed by atoms with Gasteiger partial charge in [0.25, 0.3) is 0 Å². The fraction of sp³-hybridized carbons (Fsp3) is 0.143. The van der Waals surface area contributed by atoms with Gasteiger partial charge in [-0.1, -0.05) is 6.07 Å². The molecule has 0 spiro atoms. The molecular weight excluding hydrogens is 266 g/mol. The molecule has 2 rings (SSSR count). The first-order chi connectivity index (χ1) is 9.58. The normalized spacial score (nSPS) is 12.1. The number of nitrogens with zero attached hydrogens (tertiary/aromatic N) is 1. The minimum atomic E-state index is -1.25. The van der Waals surface area contributed by atoms with Crippen molar-refractivity contribution in [2.45, 2.75) is 12.6 Å². The Hall–Kier alpha value is -2.34. The molecule has 4 nitrogen and oxygen atoms in total. The van der Waals surface area contributed by atoms with E-state index in [1.54, 1.807) is 24.5 Å². The molecule has 104 valence electrons. The van der Waals surface area contributed by atoms with Crippen LogP contribution in [0.3, 0.4) is 0 Å². The summed E-state index contributed by atoms with van der Waals surface area (Å²) < 4.78 is 26.5. The van der Waals surface area contributed by atoms with E-state index in [0.717, 1.165) is 17.7 Å². The molecule has 0 radical (unpaired) electrons. The van der Waals surface area contributed by atoms with Gasteiger partial charge in [0.2, 0.25) is 0 Å². The van der Waals surface area contributed by atoms with E-state index in [1.165, 1.54) is 0 Å². The van der Waals surface area contributed by atoms with Gasteiger partial charge in [-0.15, -0.1) is 0 Å². The number of nitrogens with one attached hydrogen (secondary N) is 1. The van der Waals surface area contributed by atoms with Crippen molar-refractivity contribution in [2.24, 2.45) is 0 Å². The number of pyridine rings is 1. The number of hydrogen-bond donors (Lipinski definition) is 2. The van der Waals surface area contributed by atoms with E-state index in [0.29, 0.717) is 6.07 Å². The second-order valence-electron chi connectivity index (χ2n) is 4.17. The highest BCUT2D eigenvalue weighted by molar-refractivity contribution is 5.75. The first-order valence-electron chi connectivity index (χ1n) is 5.88. The largest absolute Gasteiger partial charge is 0.480 e. The topological polar surface area (TPSA) is 62.2 Å². The van der Waals surface area contributed by atoms with Gasteiger partial charge in [-0.2, -0.15) is 0 Å². The zero-order chi connectivity index (χ0) is 14.5. The van der Waals surface area contributed by atoms with E-state index in [9.17, 15) is 13.6 Å². The van der Waals surface area contributed by atoms with Gasteiger partial charge in [-0.25, -0.2) is 8.78 Å². The monoisotopic (exact) mass is 278 g/mol. The summed E-state index contributed by atoms with van der Waals surface area (Å²) in [5.74, 6) is -2.87. The fourth-order valence-corrected chi connectivity index (χ4v) is 1.79. The van der Waals surface area contributed by atoms with Gasteiger partial charge in [0.05, 0.1) is 0 Å². The average Bonchev–Trinajstić information content (AvgIpc) is 2.42. The smallest absolute Gasteiger partial charge is 0.325 e. The van der Waals surface area contributed by atoms with Crippen LogP contribution in [0, 0.1) is 11.6 Å². The van der Waals surface area contributed by atoms with Crippen LogP contribution in [0.4, 0.5) is 8.78 Å². The average molecular weight is 278 g/mol. The van der Waals surface area contributed by atoms with Gasteiger partial charge in [-0.3, -0.25) is 15.1 Å². The van der Waals surface area contributed by atoms with E-state index in [-0.39, 0.29) is 12.1 Å². The van der Waals surface area contributed by atoms with Crippen LogP contribution < -0.4 is 5.32 Å². The zero-order valence-electron chi connectivity index (χ0n) is 10.4. The number of aliphatic carboxylic acids is 1. The van der Waals surface area contributed by atoms with E-state index in [1.807, 2.05) is 0 Å². The van der Waals surface area contributed by atoms with Crippen LogP contribution in [0.2, 0.25) is 0 Å². The lowest BCUT2D eigenvalue weighted by atomic mass is 10.1. The van der Waals surface area contributed by atoms with Crippen LogP contribution in [0.1, 0.15) is 17.2 Å². The predicted octanol–water partition coefficient (Wildman–Crippen LogP) is 2.28. The quantitative estimate of drug-likeness (QED) is 0.880. The summed E-state index contributed by atoms with van der Waals surface area (Å²) >= 11 is 0. The van der Waals surface area contributed by atoms with Crippen LogP contribution in [0.5, 0.6) is 0 Å². The molecule has 6 heteroatoms. The van der Waals surface area contributed by atoms with Crippen LogP contribution in [0.25, 0.3) is 0 Å². The number of carboxylic acid groups (broad SMARTS) is 1. The third kappa shape index (κ3) is 3.36. The van der Waals surface area contributed by atoms with Gasteiger partial charge in [0, 0.05) is 30.6 Å². The Morgan fingerprint density at radius 2 is 1.95 bits per heavy atom. The molecule has 1 aromatic carbocycles. The van der Waals surface area contributed by atoms with E-state index >= 15 is 0 Å². The van der Waals surface area contributed by atoms with Crippen molar-refractivity contribution in [1.29, 1.82) is 0 Å². The Kier molecular flexibility index (Phi) is 4.37. The molecule has 0 aliphatic carbocycles. The number of benzene rings is 1. The van der Waals surface area contributed by atoms with Crippen molar-refractivity contribution in [3.63, 3.8) is 0 Å². The number of carbonyl (C=O) groups is 1. The second kappa shape index (κ2) is 6.21. The van der Waals surface area contributed by atoms with Crippen LogP contribution >= 0.6 is 0 Å². The highest BCUT2D eigenvalue weighted by atomic mass is 19.1. The van der Waals surface area contributed by atoms with Crippen molar-refractivity contribution < 1.29 is 18.7 Å². The molecule has 2 N–H and O–H groups in total. The van der Waals surface area contributed by atoms with E-state index in [2.05, 4.69) is 10.3 Å². The molecule has 0 bridgehead atoms. The lowest BCUT2D eigenvalue weighted by Gasteiger charge is -2.15. The zero-order valence-corrected chi connectivity index (χ0v) is 10.4. The molecule has 20 heavy (non-hydrogen) atoms. The molecule has 0 aliphatic heterocycles. The standard InChI is InChI=1S/C14H12F2N2O2/c15-10-1-2-11(12(16)7-10)13(14(19)20)18-8-9-3-5-17-6-4-9/h1-7,13,18H,8H2,(H,19,20). The highest BCUT2D eigenvalue weighted by Crippen LogP contribution is 2.19. The number of halogens is 2. The van der Waals surface area contributed by atoms with Gasteiger partial charge in [0.15, 0.2) is 0 Å². The Balaban J connectivity index is 2.17. The lowest BCUT2D eigenvalue weighted by Crippen LogP contribution is -2.29. The van der Waals surface area contributed by atoms with Crippen LogP contribution in [0.15, 0.2) is 42.7 Å². The molecule has 0 aliphatic rings. The van der Waals surface area contributed by atoms with Crippen molar-refractivity contribution in [1.82, 2.24) is 10.3 Å². The molecule has 0 saturated heterocycles. The summed E-state index contributed by atoms with van der Waals surface area (Å²) in [4.78, 5) is 15.1. The molecule has 0 fully saturated rings. The minimum Gasteiger partial charge on any atom is -0.480 e. The molecule has 1 heterocycles. The summed E-state index contributed by atoms with van der Waals surface area (Å²) in [7, 11) is 0. The second-order valence-corrected chi connectivity index (χ2v) is 4.17. The minimum absolute atomic E-state index is 0.104. The van der Waals surface area contributed by atoms with Gasteiger partial charge >= 0.3 is 5.97 Å². The van der Waals surface area contributed by atoms with Crippen molar-refractivity contribution >= 4 is 5.97 Å². The number of rotatable bonds is 5. The van der Waals surface area contributed by atoms with Crippen molar-refractivity contribution in [3.8, 4) is 0 Å². The Morgan fingerprint density at radius 1 is 1.25 bits per heavy atom. The molecule has 0 amide bonds. The fourth-order valence-electron chi connectivity index (χ4n) is 1.79. The van der Waals surface area contributed by atoms with E-state index < -0.39 is 23.6 Å². The summed E-state index contributed by atoms with van der Waals surface area (Å²) in [6.07, 6.45) is 3.15. The molecule has 1 atom stereocenters. The number of aromatic nitrogens is 1. The van der Waals surface area contributed by atoms with Gasteiger partial charge in [0.1, 0.15) is 17.7 Å². The SMILES string of the molecule is O=C(O)C(NCc1ccncc1)c1ccc(F)cc1F. The van der Waals surface area contributed by atoms with E-state index in [4.69, 9.17) is 5.11 Å². The summed E-state index contributed by atoms with van der Waals surface area (Å²) in [6.45, 7) is 0.232. The summed E-state index contributed by atoms with van der Waals surface area (Å²) in [5, 5.41) is 11.9. The van der Waals surface area contributed by atoms with Crippen molar-refractivity contribution in [2.75, 3.05) is 0 Å². The first kappa shape index (κ1) is 14.1. The lowest BCUT2D eigenvalue weighted by molar-refractivity contribution is -0.139. The van der Waals surface area contributed by atoms with Crippen LogP contribution in [-0.2, 0) is 11.3 Å². The maximum atomic E-state index is 13.6. The molecule has 1 aromatic heterocycles. The van der Waals surface area contributed by atoms with Gasteiger partial charge in [-0.05, 0) is 23.8 Å². The third-order valence-corrected chi connectivity index (χ3v) is 2.78. The molecule has 1 unspecified atom stereocenters. The third-order valence-electron chi connectivity index (χ3n) is 2.78. The maximum absolute atomic E-state index is 13.6. The first-order valence-corrected chi connectivity index (χ1v) is 5.88. The van der Waals surface area contributed by atoms with Gasteiger partial charge < -0.3 is 5.11 Å². The molecular formula is C14H12F2N2O2. The Bertz CT molecular complexity index is 605.